The van der Waals surface area contributed by atoms with Crippen LogP contribution < -0.4 is 10.5 Å². The largest absolute Gasteiger partial charge is 0.393 e. The molecule has 5 N–H and O–H groups in total. The monoisotopic (exact) mass is 461 g/mol. The molecule has 5 rings (SSSR count). The minimum Gasteiger partial charge on any atom is -0.393 e. The highest BCUT2D eigenvalue weighted by Gasteiger charge is 2.37. The van der Waals surface area contributed by atoms with Gasteiger partial charge in [-0.05, 0) is 24.0 Å². The van der Waals surface area contributed by atoms with Crippen LogP contribution in [0.1, 0.15) is 36.1 Å². The number of hydrogen-bond acceptors (Lipinski definition) is 10. The number of hydrogen-bond donors (Lipinski definition) is 4. The molecule has 2 heterocycles. The van der Waals surface area contributed by atoms with Crippen molar-refractivity contribution in [2.45, 2.75) is 43.6 Å². The zero-order valence-electron chi connectivity index (χ0n) is 16.9. The summed E-state index contributed by atoms with van der Waals surface area (Å²) < 4.78 is 28.4. The summed E-state index contributed by atoms with van der Waals surface area (Å²) in [5, 5.41) is 37.5. The van der Waals surface area contributed by atoms with Crippen LogP contribution in [0.5, 0.6) is 0 Å². The minimum absolute atomic E-state index is 0.204. The van der Waals surface area contributed by atoms with Gasteiger partial charge in [0.2, 0.25) is 0 Å². The molecule has 170 valence electrons. The molecule has 0 aliphatic heterocycles. The number of aliphatic hydroxyl groups excluding tert-OH is 2. The van der Waals surface area contributed by atoms with E-state index < -0.39 is 28.4 Å². The second-order valence-corrected chi connectivity index (χ2v) is 9.47. The average molecular weight is 462 g/mol. The Hall–Kier alpha value is -2.71. The summed E-state index contributed by atoms with van der Waals surface area (Å²) in [6.07, 6.45) is 1.35. The number of nitrogens with one attached hydrogen (secondary N) is 1. The highest BCUT2D eigenvalue weighted by Crippen LogP contribution is 2.38. The third-order valence-corrected chi connectivity index (χ3v) is 6.65. The summed E-state index contributed by atoms with van der Waals surface area (Å²) in [6.45, 7) is -0.204. The van der Waals surface area contributed by atoms with Crippen LogP contribution in [0.3, 0.4) is 0 Å². The topological polar surface area (TPSA) is 178 Å². The van der Waals surface area contributed by atoms with E-state index in [4.69, 9.17) is 5.14 Å². The van der Waals surface area contributed by atoms with Crippen molar-refractivity contribution in [3.63, 3.8) is 0 Å². The fourth-order valence-electron chi connectivity index (χ4n) is 4.65. The van der Waals surface area contributed by atoms with Crippen LogP contribution in [0.4, 0.5) is 5.82 Å². The van der Waals surface area contributed by atoms with Gasteiger partial charge < -0.3 is 15.5 Å². The van der Waals surface area contributed by atoms with Crippen LogP contribution >= 0.6 is 0 Å². The SMILES string of the molecule is NS(=O)(=O)OC[C@@H]1C[C@@H](n2nnc3c(N[C@@H]4c5ccccc5C[C@@H]4O)ncnc32)C[C@@H]1O. The molecule has 3 aromatic rings. The van der Waals surface area contributed by atoms with Gasteiger partial charge in [-0.15, -0.1) is 5.10 Å². The number of benzene rings is 1. The van der Waals surface area contributed by atoms with Crippen molar-refractivity contribution in [2.75, 3.05) is 11.9 Å². The number of anilines is 1. The summed E-state index contributed by atoms with van der Waals surface area (Å²) in [4.78, 5) is 8.62. The molecule has 2 aliphatic carbocycles. The first-order valence-electron chi connectivity index (χ1n) is 10.2. The molecular formula is C19H23N7O5S. The first-order chi connectivity index (χ1) is 15.3. The van der Waals surface area contributed by atoms with Crippen LogP contribution in [0.25, 0.3) is 11.2 Å². The van der Waals surface area contributed by atoms with E-state index in [0.717, 1.165) is 11.1 Å². The van der Waals surface area contributed by atoms with Crippen molar-refractivity contribution in [2.24, 2.45) is 11.1 Å². The van der Waals surface area contributed by atoms with E-state index in [1.54, 1.807) is 4.68 Å². The molecule has 0 amide bonds. The Bertz CT molecular complexity index is 1250. The third kappa shape index (κ3) is 3.93. The van der Waals surface area contributed by atoms with Gasteiger partial charge >= 0.3 is 10.3 Å². The third-order valence-electron chi connectivity index (χ3n) is 6.18. The quantitative estimate of drug-likeness (QED) is 0.385. The number of fused-ring (bicyclic) bond motifs is 2. The molecule has 2 aliphatic rings. The molecule has 1 fully saturated rings. The molecule has 12 nitrogen and oxygen atoms in total. The van der Waals surface area contributed by atoms with Crippen LogP contribution in [-0.2, 0) is 20.9 Å². The fraction of sp³-hybridized carbons (Fsp3) is 0.474. The van der Waals surface area contributed by atoms with Crippen molar-refractivity contribution in [3.8, 4) is 0 Å². The maximum atomic E-state index is 11.1. The summed E-state index contributed by atoms with van der Waals surface area (Å²) in [7, 11) is -4.08. The van der Waals surface area contributed by atoms with Gasteiger partial charge in [0, 0.05) is 12.3 Å². The summed E-state index contributed by atoms with van der Waals surface area (Å²) in [5.74, 6) is 0.0387. The van der Waals surface area contributed by atoms with E-state index in [9.17, 15) is 18.6 Å². The predicted molar refractivity (Wildman–Crippen MR) is 112 cm³/mol. The smallest absolute Gasteiger partial charge is 0.333 e. The molecule has 0 bridgehead atoms. The molecule has 0 radical (unpaired) electrons. The van der Waals surface area contributed by atoms with Crippen molar-refractivity contribution in [3.05, 3.63) is 41.7 Å². The Morgan fingerprint density at radius 3 is 2.81 bits per heavy atom. The summed E-state index contributed by atoms with van der Waals surface area (Å²) in [6, 6.07) is 7.26. The maximum absolute atomic E-state index is 11.1. The first-order valence-corrected chi connectivity index (χ1v) is 11.7. The number of aliphatic hydroxyl groups is 2. The summed E-state index contributed by atoms with van der Waals surface area (Å²) >= 11 is 0. The predicted octanol–water partition coefficient (Wildman–Crippen LogP) is -0.176. The Morgan fingerprint density at radius 1 is 1.19 bits per heavy atom. The van der Waals surface area contributed by atoms with E-state index in [1.807, 2.05) is 24.3 Å². The highest BCUT2D eigenvalue weighted by atomic mass is 32.2. The zero-order valence-corrected chi connectivity index (χ0v) is 17.8. The number of nitrogens with two attached hydrogens (primary N) is 1. The molecule has 0 unspecified atom stereocenters. The number of rotatable bonds is 6. The molecule has 2 aromatic heterocycles. The second-order valence-electron chi connectivity index (χ2n) is 8.25. The van der Waals surface area contributed by atoms with Gasteiger partial charge in [0.25, 0.3) is 0 Å². The van der Waals surface area contributed by atoms with E-state index in [0.29, 0.717) is 36.2 Å². The van der Waals surface area contributed by atoms with Crippen LogP contribution in [0.15, 0.2) is 30.6 Å². The van der Waals surface area contributed by atoms with E-state index in [-0.39, 0.29) is 18.7 Å². The van der Waals surface area contributed by atoms with Crippen LogP contribution in [0.2, 0.25) is 0 Å². The lowest BCUT2D eigenvalue weighted by Gasteiger charge is -2.18. The standard InChI is InChI=1S/C19H23N7O5S/c20-32(29,30)31-8-11-5-12(7-14(11)27)26-19-17(24-25-26)18(21-9-22-19)23-16-13-4-2-1-3-10(13)6-15(16)28/h1-4,9,11-12,14-16,27-28H,5-8H2,(H2,20,29,30)(H,21,22,23)/t11-,12+,14-,15-,16+/m0/s1. The van der Waals surface area contributed by atoms with Gasteiger partial charge in [0.05, 0.1) is 30.9 Å². The van der Waals surface area contributed by atoms with Crippen LogP contribution in [-0.4, -0.2) is 62.4 Å². The second kappa shape index (κ2) is 8.01. The number of nitrogens with zero attached hydrogens (tertiary/aromatic N) is 5. The Morgan fingerprint density at radius 2 is 2.00 bits per heavy atom. The van der Waals surface area contributed by atoms with Gasteiger partial charge in [-0.25, -0.2) is 19.8 Å². The van der Waals surface area contributed by atoms with E-state index in [2.05, 4.69) is 29.8 Å². The van der Waals surface area contributed by atoms with Gasteiger partial charge in [0.1, 0.15) is 6.33 Å². The lowest BCUT2D eigenvalue weighted by atomic mass is 10.1. The molecule has 1 aromatic carbocycles. The Labute approximate surface area is 183 Å². The highest BCUT2D eigenvalue weighted by molar-refractivity contribution is 7.84. The van der Waals surface area contributed by atoms with Crippen molar-refractivity contribution in [1.29, 1.82) is 0 Å². The molecular weight excluding hydrogens is 438 g/mol. The minimum atomic E-state index is -4.08. The van der Waals surface area contributed by atoms with E-state index >= 15 is 0 Å². The zero-order chi connectivity index (χ0) is 22.5. The van der Waals surface area contributed by atoms with Gasteiger partial charge in [0.15, 0.2) is 17.0 Å². The van der Waals surface area contributed by atoms with Crippen molar-refractivity contribution in [1.82, 2.24) is 25.0 Å². The summed E-state index contributed by atoms with van der Waals surface area (Å²) in [5.41, 5.74) is 3.02. The molecule has 1 saturated carbocycles. The maximum Gasteiger partial charge on any atom is 0.333 e. The first kappa shape index (κ1) is 21.2. The molecule has 5 atom stereocenters. The lowest BCUT2D eigenvalue weighted by molar-refractivity contribution is 0.100. The molecule has 0 spiro atoms. The lowest BCUT2D eigenvalue weighted by Crippen LogP contribution is -2.24. The number of aromatic nitrogens is 5. The van der Waals surface area contributed by atoms with Crippen molar-refractivity contribution >= 4 is 27.3 Å². The average Bonchev–Trinajstić information content (AvgIpc) is 3.42. The van der Waals surface area contributed by atoms with Crippen LogP contribution in [0, 0.1) is 5.92 Å². The molecule has 0 saturated heterocycles. The van der Waals surface area contributed by atoms with Gasteiger partial charge in [-0.2, -0.15) is 8.42 Å². The molecule has 32 heavy (non-hydrogen) atoms. The Kier molecular flexibility index (Phi) is 5.29. The fourth-order valence-corrected chi connectivity index (χ4v) is 5.01. The van der Waals surface area contributed by atoms with Crippen molar-refractivity contribution < 1.29 is 22.8 Å². The Balaban J connectivity index is 1.38. The molecule has 13 heteroatoms. The normalized spacial score (nSPS) is 27.7. The van der Waals surface area contributed by atoms with E-state index in [1.165, 1.54) is 6.33 Å². The van der Waals surface area contributed by atoms with Gasteiger partial charge in [-0.3, -0.25) is 4.18 Å². The van der Waals surface area contributed by atoms with Gasteiger partial charge in [-0.1, -0.05) is 29.5 Å².